The lowest BCUT2D eigenvalue weighted by molar-refractivity contribution is -0.152. The molecule has 0 aliphatic carbocycles. The smallest absolute Gasteiger partial charge is 0.220 e. The number of ether oxygens (including phenoxy) is 1. The summed E-state index contributed by atoms with van der Waals surface area (Å²) in [5.41, 5.74) is -0.331. The van der Waals surface area contributed by atoms with E-state index in [1.54, 1.807) is 6.92 Å². The van der Waals surface area contributed by atoms with Crippen molar-refractivity contribution in [2.75, 3.05) is 0 Å². The number of carbonyl (C=O) groups excluding carboxylic acids is 1. The summed E-state index contributed by atoms with van der Waals surface area (Å²) in [6, 6.07) is 0. The zero-order valence-corrected chi connectivity index (χ0v) is 11.0. The van der Waals surface area contributed by atoms with Crippen molar-refractivity contribution >= 4 is 5.91 Å². The number of piperidine rings is 1. The van der Waals surface area contributed by atoms with Gasteiger partial charge in [0, 0.05) is 30.8 Å². The first-order valence-electron chi connectivity index (χ1n) is 5.78. The molecule has 1 fully saturated rings. The predicted octanol–water partition coefficient (Wildman–Crippen LogP) is 2.71. The van der Waals surface area contributed by atoms with E-state index in [1.807, 2.05) is 4.90 Å². The van der Waals surface area contributed by atoms with Gasteiger partial charge in [-0.3, -0.25) is 4.79 Å². The monoisotopic (exact) mass is 225 g/mol. The summed E-state index contributed by atoms with van der Waals surface area (Å²) in [6.07, 6.45) is 3.35. The van der Waals surface area contributed by atoms with Crippen molar-refractivity contribution in [3.05, 3.63) is 12.8 Å². The Hall–Kier alpha value is -0.990. The average Bonchev–Trinajstić information content (AvgIpc) is 1.96. The Labute approximate surface area is 98.5 Å². The highest BCUT2D eigenvalue weighted by Crippen LogP contribution is 2.39. The van der Waals surface area contributed by atoms with Crippen LogP contribution in [0.2, 0.25) is 0 Å². The van der Waals surface area contributed by atoms with Crippen molar-refractivity contribution < 1.29 is 9.53 Å². The highest BCUT2D eigenvalue weighted by molar-refractivity contribution is 5.75. The molecule has 1 heterocycles. The largest absolute Gasteiger partial charge is 0.498 e. The lowest BCUT2D eigenvalue weighted by Crippen LogP contribution is -2.63. The van der Waals surface area contributed by atoms with E-state index in [2.05, 4.69) is 34.3 Å². The molecule has 0 saturated carbocycles. The molecule has 0 aromatic rings. The van der Waals surface area contributed by atoms with Gasteiger partial charge in [0.05, 0.1) is 6.26 Å². The normalized spacial score (nSPS) is 23.9. The maximum atomic E-state index is 11.8. The van der Waals surface area contributed by atoms with E-state index in [0.717, 1.165) is 12.8 Å². The minimum Gasteiger partial charge on any atom is -0.498 e. The third kappa shape index (κ3) is 2.39. The van der Waals surface area contributed by atoms with E-state index in [0.29, 0.717) is 0 Å². The van der Waals surface area contributed by atoms with Crippen LogP contribution in [0.3, 0.4) is 0 Å². The summed E-state index contributed by atoms with van der Waals surface area (Å²) in [6.45, 7) is 13.6. The van der Waals surface area contributed by atoms with E-state index < -0.39 is 0 Å². The van der Waals surface area contributed by atoms with Crippen LogP contribution in [0.15, 0.2) is 12.8 Å². The van der Waals surface area contributed by atoms with Crippen LogP contribution in [0.1, 0.15) is 47.5 Å². The molecule has 0 unspecified atom stereocenters. The molecule has 3 nitrogen and oxygen atoms in total. The first-order chi connectivity index (χ1) is 7.20. The number of hydrogen-bond donors (Lipinski definition) is 0. The Kier molecular flexibility index (Phi) is 3.36. The molecule has 0 spiro atoms. The van der Waals surface area contributed by atoms with Crippen LogP contribution in [0.5, 0.6) is 0 Å². The Balaban J connectivity index is 2.98. The molecule has 0 N–H and O–H groups in total. The molecule has 0 radical (unpaired) electrons. The van der Waals surface area contributed by atoms with Crippen LogP contribution in [-0.2, 0) is 9.53 Å². The topological polar surface area (TPSA) is 29.5 Å². The maximum Gasteiger partial charge on any atom is 0.220 e. The second kappa shape index (κ2) is 4.11. The van der Waals surface area contributed by atoms with Gasteiger partial charge in [0.15, 0.2) is 0 Å². The van der Waals surface area contributed by atoms with Gasteiger partial charge in [-0.2, -0.15) is 0 Å². The van der Waals surface area contributed by atoms with E-state index in [1.165, 1.54) is 6.26 Å². The molecule has 0 atom stereocenters. The summed E-state index contributed by atoms with van der Waals surface area (Å²) >= 11 is 0. The predicted molar refractivity (Wildman–Crippen MR) is 65.0 cm³/mol. The number of likely N-dealkylation sites (tertiary alicyclic amines) is 1. The highest BCUT2D eigenvalue weighted by Gasteiger charge is 2.47. The number of amides is 1. The van der Waals surface area contributed by atoms with Gasteiger partial charge >= 0.3 is 0 Å². The third-order valence-electron chi connectivity index (χ3n) is 3.27. The quantitative estimate of drug-likeness (QED) is 0.676. The first-order valence-corrected chi connectivity index (χ1v) is 5.78. The molecule has 1 amide bonds. The van der Waals surface area contributed by atoms with Crippen LogP contribution < -0.4 is 0 Å². The van der Waals surface area contributed by atoms with Crippen molar-refractivity contribution in [1.82, 2.24) is 4.90 Å². The van der Waals surface area contributed by atoms with Gasteiger partial charge in [-0.15, -0.1) is 0 Å². The van der Waals surface area contributed by atoms with Gasteiger partial charge in [0.1, 0.15) is 6.10 Å². The van der Waals surface area contributed by atoms with Crippen molar-refractivity contribution in [3.8, 4) is 0 Å². The van der Waals surface area contributed by atoms with Gasteiger partial charge in [-0.25, -0.2) is 0 Å². The molecule has 0 aromatic heterocycles. The summed E-state index contributed by atoms with van der Waals surface area (Å²) < 4.78 is 5.51. The standard InChI is InChI=1S/C13H23NO2/c1-7-16-11-8-12(3,4)14(10(2)15)13(5,6)9-11/h7,11H,1,8-9H2,2-6H3. The van der Waals surface area contributed by atoms with Gasteiger partial charge < -0.3 is 9.64 Å². The molecular weight excluding hydrogens is 202 g/mol. The Bertz CT molecular complexity index is 276. The van der Waals surface area contributed by atoms with E-state index in [-0.39, 0.29) is 23.1 Å². The van der Waals surface area contributed by atoms with Gasteiger partial charge in [0.2, 0.25) is 5.91 Å². The van der Waals surface area contributed by atoms with E-state index in [9.17, 15) is 4.79 Å². The number of nitrogens with zero attached hydrogens (tertiary/aromatic N) is 1. The van der Waals surface area contributed by atoms with Crippen LogP contribution >= 0.6 is 0 Å². The summed E-state index contributed by atoms with van der Waals surface area (Å²) in [5.74, 6) is 0.132. The minimum atomic E-state index is -0.165. The lowest BCUT2D eigenvalue weighted by Gasteiger charge is -2.54. The van der Waals surface area contributed by atoms with E-state index in [4.69, 9.17) is 4.74 Å². The van der Waals surface area contributed by atoms with Crippen LogP contribution in [-0.4, -0.2) is 28.0 Å². The van der Waals surface area contributed by atoms with Crippen molar-refractivity contribution in [3.63, 3.8) is 0 Å². The van der Waals surface area contributed by atoms with Gasteiger partial charge in [-0.1, -0.05) is 6.58 Å². The minimum absolute atomic E-state index is 0.132. The zero-order chi connectivity index (χ0) is 12.6. The fraction of sp³-hybridized carbons (Fsp3) is 0.769. The van der Waals surface area contributed by atoms with Gasteiger partial charge in [-0.05, 0) is 27.7 Å². The second-order valence-corrected chi connectivity index (χ2v) is 5.81. The van der Waals surface area contributed by atoms with E-state index >= 15 is 0 Å². The molecular formula is C13H23NO2. The molecule has 1 rings (SSSR count). The molecule has 1 aliphatic rings. The molecule has 1 aliphatic heterocycles. The van der Waals surface area contributed by atoms with Crippen LogP contribution in [0.4, 0.5) is 0 Å². The lowest BCUT2D eigenvalue weighted by atomic mass is 9.78. The summed E-state index contributed by atoms with van der Waals surface area (Å²) in [5, 5.41) is 0. The van der Waals surface area contributed by atoms with Crippen molar-refractivity contribution in [1.29, 1.82) is 0 Å². The highest BCUT2D eigenvalue weighted by atomic mass is 16.5. The summed E-state index contributed by atoms with van der Waals surface area (Å²) in [7, 11) is 0. The number of carbonyl (C=O) groups is 1. The average molecular weight is 225 g/mol. The zero-order valence-electron chi connectivity index (χ0n) is 11.0. The molecule has 0 bridgehead atoms. The molecule has 3 heteroatoms. The van der Waals surface area contributed by atoms with Crippen LogP contribution in [0, 0.1) is 0 Å². The SMILES string of the molecule is C=COC1CC(C)(C)N(C(C)=O)C(C)(C)C1. The summed E-state index contributed by atoms with van der Waals surface area (Å²) in [4.78, 5) is 13.7. The Morgan fingerprint density at radius 3 is 2.06 bits per heavy atom. The maximum absolute atomic E-state index is 11.8. The second-order valence-electron chi connectivity index (χ2n) is 5.81. The number of rotatable bonds is 2. The Morgan fingerprint density at radius 2 is 1.75 bits per heavy atom. The molecule has 16 heavy (non-hydrogen) atoms. The molecule has 92 valence electrons. The molecule has 1 saturated heterocycles. The Morgan fingerprint density at radius 1 is 1.31 bits per heavy atom. The van der Waals surface area contributed by atoms with Gasteiger partial charge in [0.25, 0.3) is 0 Å². The third-order valence-corrected chi connectivity index (χ3v) is 3.27. The fourth-order valence-electron chi connectivity index (χ4n) is 3.27. The van der Waals surface area contributed by atoms with Crippen molar-refractivity contribution in [2.24, 2.45) is 0 Å². The number of hydrogen-bond acceptors (Lipinski definition) is 2. The fourth-order valence-corrected chi connectivity index (χ4v) is 3.27. The van der Waals surface area contributed by atoms with Crippen LogP contribution in [0.25, 0.3) is 0 Å². The first kappa shape index (κ1) is 13.1. The van der Waals surface area contributed by atoms with Crippen molar-refractivity contribution in [2.45, 2.75) is 64.6 Å². The molecule has 0 aromatic carbocycles.